The zero-order valence-corrected chi connectivity index (χ0v) is 18.5. The van der Waals surface area contributed by atoms with E-state index >= 15 is 0 Å². The lowest BCUT2D eigenvalue weighted by atomic mass is 9.73. The summed E-state index contributed by atoms with van der Waals surface area (Å²) in [6, 6.07) is 11.6. The standard InChI is InChI=1S/C22H26BrNO5/c1-26-18-12-15(13-19(27-2)20(18)28-3)14-24-21(25)22(8-10-29-11-9-22)16-4-6-17(23)7-5-16/h4-7,12-13H,8-11,14H2,1-3H3,(H,24,25). The highest BCUT2D eigenvalue weighted by atomic mass is 79.9. The first kappa shape index (κ1) is 21.5. The van der Waals surface area contributed by atoms with Gasteiger partial charge in [0.05, 0.1) is 26.7 Å². The summed E-state index contributed by atoms with van der Waals surface area (Å²) < 4.78 is 22.7. The fourth-order valence-corrected chi connectivity index (χ4v) is 3.99. The number of carbonyl (C=O) groups excluding carboxylic acids is 1. The molecule has 1 saturated heterocycles. The van der Waals surface area contributed by atoms with E-state index in [1.165, 1.54) is 0 Å². The van der Waals surface area contributed by atoms with Crippen LogP contribution in [0.4, 0.5) is 0 Å². The van der Waals surface area contributed by atoms with Crippen LogP contribution in [0.2, 0.25) is 0 Å². The highest BCUT2D eigenvalue weighted by Crippen LogP contribution is 2.39. The van der Waals surface area contributed by atoms with Crippen LogP contribution in [-0.2, 0) is 21.5 Å². The minimum Gasteiger partial charge on any atom is -0.493 e. The first-order chi connectivity index (χ1) is 14.0. The van der Waals surface area contributed by atoms with Crippen LogP contribution in [0.15, 0.2) is 40.9 Å². The Hall–Kier alpha value is -2.25. The minimum atomic E-state index is -0.598. The summed E-state index contributed by atoms with van der Waals surface area (Å²) in [6.45, 7) is 1.48. The van der Waals surface area contributed by atoms with E-state index in [4.69, 9.17) is 18.9 Å². The molecule has 7 heteroatoms. The number of ether oxygens (including phenoxy) is 4. The van der Waals surface area contributed by atoms with Crippen molar-refractivity contribution in [1.29, 1.82) is 0 Å². The SMILES string of the molecule is COc1cc(CNC(=O)C2(c3ccc(Br)cc3)CCOCC2)cc(OC)c1OC. The van der Waals surface area contributed by atoms with Crippen LogP contribution in [0.3, 0.4) is 0 Å². The number of rotatable bonds is 7. The zero-order valence-electron chi connectivity index (χ0n) is 16.9. The van der Waals surface area contributed by atoms with Gasteiger partial charge in [0, 0.05) is 24.2 Å². The first-order valence-corrected chi connectivity index (χ1v) is 10.2. The van der Waals surface area contributed by atoms with E-state index < -0.39 is 5.41 Å². The van der Waals surface area contributed by atoms with Crippen molar-refractivity contribution in [2.24, 2.45) is 0 Å². The summed E-state index contributed by atoms with van der Waals surface area (Å²) in [5.41, 5.74) is 1.27. The Balaban J connectivity index is 1.83. The van der Waals surface area contributed by atoms with Crippen molar-refractivity contribution >= 4 is 21.8 Å². The third-order valence-corrected chi connectivity index (χ3v) is 5.88. The van der Waals surface area contributed by atoms with Gasteiger partial charge in [-0.05, 0) is 48.2 Å². The average Bonchev–Trinajstić information content (AvgIpc) is 2.77. The van der Waals surface area contributed by atoms with Crippen molar-refractivity contribution in [3.05, 3.63) is 52.0 Å². The van der Waals surface area contributed by atoms with Crippen molar-refractivity contribution in [3.63, 3.8) is 0 Å². The fraction of sp³-hybridized carbons (Fsp3) is 0.409. The molecule has 1 N–H and O–H groups in total. The van der Waals surface area contributed by atoms with Gasteiger partial charge in [0.25, 0.3) is 0 Å². The predicted molar refractivity (Wildman–Crippen MR) is 114 cm³/mol. The van der Waals surface area contributed by atoms with E-state index in [9.17, 15) is 4.79 Å². The Morgan fingerprint density at radius 1 is 1.03 bits per heavy atom. The molecule has 0 atom stereocenters. The molecule has 29 heavy (non-hydrogen) atoms. The van der Waals surface area contributed by atoms with Crippen molar-refractivity contribution in [1.82, 2.24) is 5.32 Å². The van der Waals surface area contributed by atoms with Crippen LogP contribution >= 0.6 is 15.9 Å². The number of methoxy groups -OCH3 is 3. The van der Waals surface area contributed by atoms with Crippen LogP contribution in [0, 0.1) is 0 Å². The molecule has 2 aromatic carbocycles. The van der Waals surface area contributed by atoms with E-state index in [0.717, 1.165) is 15.6 Å². The number of hydrogen-bond donors (Lipinski definition) is 1. The van der Waals surface area contributed by atoms with E-state index in [1.54, 1.807) is 21.3 Å². The summed E-state index contributed by atoms with van der Waals surface area (Å²) in [4.78, 5) is 13.3. The Labute approximate surface area is 179 Å². The van der Waals surface area contributed by atoms with Crippen molar-refractivity contribution in [2.75, 3.05) is 34.5 Å². The average molecular weight is 464 g/mol. The second kappa shape index (κ2) is 9.50. The third kappa shape index (κ3) is 4.51. The van der Waals surface area contributed by atoms with Gasteiger partial charge in [0.2, 0.25) is 11.7 Å². The molecule has 6 nitrogen and oxygen atoms in total. The van der Waals surface area contributed by atoms with Crippen molar-refractivity contribution < 1.29 is 23.7 Å². The maximum Gasteiger partial charge on any atom is 0.231 e. The van der Waals surface area contributed by atoms with E-state index in [1.807, 2.05) is 36.4 Å². The summed E-state index contributed by atoms with van der Waals surface area (Å²) in [6.07, 6.45) is 1.30. The van der Waals surface area contributed by atoms with Gasteiger partial charge in [-0.25, -0.2) is 0 Å². The molecule has 1 aliphatic rings. The summed E-state index contributed by atoms with van der Waals surface area (Å²) in [7, 11) is 4.71. The molecule has 0 aliphatic carbocycles. The highest BCUT2D eigenvalue weighted by Gasteiger charge is 2.41. The minimum absolute atomic E-state index is 0.00289. The molecule has 1 aliphatic heterocycles. The smallest absolute Gasteiger partial charge is 0.231 e. The van der Waals surface area contributed by atoms with Crippen molar-refractivity contribution in [2.45, 2.75) is 24.8 Å². The third-order valence-electron chi connectivity index (χ3n) is 5.36. The van der Waals surface area contributed by atoms with Crippen LogP contribution in [0.5, 0.6) is 17.2 Å². The topological polar surface area (TPSA) is 66.0 Å². The second-order valence-electron chi connectivity index (χ2n) is 6.92. The van der Waals surface area contributed by atoms with Gasteiger partial charge in [-0.2, -0.15) is 0 Å². The van der Waals surface area contributed by atoms with E-state index in [2.05, 4.69) is 21.2 Å². The van der Waals surface area contributed by atoms with Gasteiger partial charge in [-0.1, -0.05) is 28.1 Å². The molecule has 1 fully saturated rings. The molecule has 1 heterocycles. The Morgan fingerprint density at radius 2 is 1.62 bits per heavy atom. The molecule has 0 unspecified atom stereocenters. The monoisotopic (exact) mass is 463 g/mol. The molecule has 156 valence electrons. The number of amides is 1. The molecule has 0 bridgehead atoms. The summed E-state index contributed by atoms with van der Waals surface area (Å²) >= 11 is 3.47. The first-order valence-electron chi connectivity index (χ1n) is 9.45. The molecule has 0 radical (unpaired) electrons. The zero-order chi connectivity index (χ0) is 20.9. The number of halogens is 1. The molecular formula is C22H26BrNO5. The number of carbonyl (C=O) groups is 1. The second-order valence-corrected chi connectivity index (χ2v) is 7.83. The summed E-state index contributed by atoms with van der Waals surface area (Å²) in [5, 5.41) is 3.10. The number of nitrogens with one attached hydrogen (secondary N) is 1. The van der Waals surface area contributed by atoms with E-state index in [-0.39, 0.29) is 5.91 Å². The molecule has 0 aromatic heterocycles. The van der Waals surface area contributed by atoms with Crippen LogP contribution < -0.4 is 19.5 Å². The van der Waals surface area contributed by atoms with E-state index in [0.29, 0.717) is 49.8 Å². The van der Waals surface area contributed by atoms with Gasteiger partial charge in [0.1, 0.15) is 0 Å². The Morgan fingerprint density at radius 3 is 2.14 bits per heavy atom. The quantitative estimate of drug-likeness (QED) is 0.675. The van der Waals surface area contributed by atoms with Gasteiger partial charge < -0.3 is 24.3 Å². The van der Waals surface area contributed by atoms with Gasteiger partial charge in [-0.15, -0.1) is 0 Å². The van der Waals surface area contributed by atoms with Crippen LogP contribution in [-0.4, -0.2) is 40.5 Å². The largest absolute Gasteiger partial charge is 0.493 e. The van der Waals surface area contributed by atoms with Gasteiger partial charge >= 0.3 is 0 Å². The summed E-state index contributed by atoms with van der Waals surface area (Å²) in [5.74, 6) is 1.65. The number of benzene rings is 2. The van der Waals surface area contributed by atoms with Gasteiger partial charge in [-0.3, -0.25) is 4.79 Å². The Kier molecular flexibility index (Phi) is 7.03. The van der Waals surface area contributed by atoms with Gasteiger partial charge in [0.15, 0.2) is 11.5 Å². The molecule has 0 saturated carbocycles. The normalized spacial score (nSPS) is 15.4. The lowest BCUT2D eigenvalue weighted by Crippen LogP contribution is -2.47. The molecule has 1 amide bonds. The molecular weight excluding hydrogens is 438 g/mol. The predicted octanol–water partition coefficient (Wildman–Crippen LogP) is 3.84. The van der Waals surface area contributed by atoms with Crippen LogP contribution in [0.1, 0.15) is 24.0 Å². The van der Waals surface area contributed by atoms with Crippen molar-refractivity contribution in [3.8, 4) is 17.2 Å². The lowest BCUT2D eigenvalue weighted by molar-refractivity contribution is -0.130. The lowest BCUT2D eigenvalue weighted by Gasteiger charge is -2.36. The molecule has 0 spiro atoms. The molecule has 2 aromatic rings. The maximum atomic E-state index is 13.3. The fourth-order valence-electron chi connectivity index (χ4n) is 3.72. The molecule has 3 rings (SSSR count). The van der Waals surface area contributed by atoms with Crippen LogP contribution in [0.25, 0.3) is 0 Å². The number of hydrogen-bond acceptors (Lipinski definition) is 5. The maximum absolute atomic E-state index is 13.3. The highest BCUT2D eigenvalue weighted by molar-refractivity contribution is 9.10. The Bertz CT molecular complexity index is 822.